The third-order valence-electron chi connectivity index (χ3n) is 3.78. The van der Waals surface area contributed by atoms with Crippen molar-refractivity contribution in [3.05, 3.63) is 64.7 Å². The molecule has 0 aromatic heterocycles. The molecule has 0 saturated heterocycles. The number of hydrogen-bond donors (Lipinski definition) is 1. The molecule has 1 N–H and O–H groups in total. The van der Waals surface area contributed by atoms with Gasteiger partial charge in [0.05, 0.1) is 8.07 Å². The molecule has 112 valence electrons. The molecule has 1 unspecified atom stereocenters. The topological polar surface area (TPSA) is 12.0 Å². The lowest BCUT2D eigenvalue weighted by Gasteiger charge is -2.18. The summed E-state index contributed by atoms with van der Waals surface area (Å²) in [5.41, 5.74) is 2.55. The van der Waals surface area contributed by atoms with Crippen molar-refractivity contribution in [3.63, 3.8) is 0 Å². The van der Waals surface area contributed by atoms with Gasteiger partial charge >= 0.3 is 0 Å². The lowest BCUT2D eigenvalue weighted by atomic mass is 10.1. The highest BCUT2D eigenvalue weighted by Gasteiger charge is 2.15. The fraction of sp³-hybridized carbons (Fsp3) is 0.333. The van der Waals surface area contributed by atoms with E-state index >= 15 is 0 Å². The summed E-state index contributed by atoms with van der Waals surface area (Å²) in [5, 5.41) is 5.85. The third kappa shape index (κ3) is 4.70. The molecule has 1 nitrogen and oxygen atoms in total. The van der Waals surface area contributed by atoms with Gasteiger partial charge in [0.25, 0.3) is 0 Å². The highest BCUT2D eigenvalue weighted by atomic mass is 35.5. The summed E-state index contributed by atoms with van der Waals surface area (Å²) in [6.45, 7) is 10.2. The highest BCUT2D eigenvalue weighted by molar-refractivity contribution is 6.88. The molecule has 3 heteroatoms. The predicted octanol–water partition coefficient (Wildman–Crippen LogP) is 4.74. The largest absolute Gasteiger partial charge is 0.306 e. The van der Waals surface area contributed by atoms with Crippen LogP contribution in [0.1, 0.15) is 24.1 Å². The normalized spacial score (nSPS) is 13.2. The van der Waals surface area contributed by atoms with Crippen LogP contribution in [0, 0.1) is 0 Å². The quantitative estimate of drug-likeness (QED) is 0.786. The van der Waals surface area contributed by atoms with E-state index in [1.165, 1.54) is 16.3 Å². The molecule has 2 rings (SSSR count). The Kier molecular flexibility index (Phi) is 5.25. The second kappa shape index (κ2) is 6.78. The molecule has 2 aromatic carbocycles. The van der Waals surface area contributed by atoms with Gasteiger partial charge in [0.1, 0.15) is 0 Å². The molecule has 21 heavy (non-hydrogen) atoms. The molecule has 0 aliphatic rings. The number of hydrogen-bond acceptors (Lipinski definition) is 1. The van der Waals surface area contributed by atoms with Gasteiger partial charge in [-0.1, -0.05) is 72.8 Å². The van der Waals surface area contributed by atoms with Crippen LogP contribution < -0.4 is 10.5 Å². The van der Waals surface area contributed by atoms with Crippen LogP contribution in [0.2, 0.25) is 24.7 Å². The number of halogens is 1. The average molecular weight is 318 g/mol. The number of benzene rings is 2. The summed E-state index contributed by atoms with van der Waals surface area (Å²) in [6.07, 6.45) is 0. The van der Waals surface area contributed by atoms with Gasteiger partial charge in [0, 0.05) is 17.6 Å². The average Bonchev–Trinajstić information content (AvgIpc) is 2.44. The van der Waals surface area contributed by atoms with Crippen LogP contribution in [0.25, 0.3) is 0 Å². The Morgan fingerprint density at radius 2 is 1.71 bits per heavy atom. The van der Waals surface area contributed by atoms with Crippen molar-refractivity contribution in [2.24, 2.45) is 0 Å². The zero-order valence-electron chi connectivity index (χ0n) is 13.3. The van der Waals surface area contributed by atoms with Crippen molar-refractivity contribution in [1.82, 2.24) is 5.32 Å². The number of nitrogens with one attached hydrogen (secondary N) is 1. The van der Waals surface area contributed by atoms with Crippen molar-refractivity contribution in [3.8, 4) is 0 Å². The fourth-order valence-corrected chi connectivity index (χ4v) is 3.65. The van der Waals surface area contributed by atoms with E-state index in [0.29, 0.717) is 6.04 Å². The summed E-state index contributed by atoms with van der Waals surface area (Å²) < 4.78 is 0. The smallest absolute Gasteiger partial charge is 0.0775 e. The molecule has 0 heterocycles. The summed E-state index contributed by atoms with van der Waals surface area (Å²) in [4.78, 5) is 0. The summed E-state index contributed by atoms with van der Waals surface area (Å²) in [6, 6.07) is 17.4. The van der Waals surface area contributed by atoms with Gasteiger partial charge in [-0.25, -0.2) is 0 Å². The van der Waals surface area contributed by atoms with Gasteiger partial charge in [-0.2, -0.15) is 0 Å². The SMILES string of the molecule is CC(NCc1ccc([Si](C)(C)C)cc1)c1cccc(Cl)c1. The van der Waals surface area contributed by atoms with Crippen LogP contribution in [-0.4, -0.2) is 8.07 Å². The molecule has 0 bridgehead atoms. The zero-order chi connectivity index (χ0) is 15.5. The Labute approximate surface area is 134 Å². The first-order valence-electron chi connectivity index (χ1n) is 7.44. The van der Waals surface area contributed by atoms with Crippen molar-refractivity contribution < 1.29 is 0 Å². The molecular formula is C18H24ClNSi. The minimum atomic E-state index is -1.20. The molecule has 0 saturated carbocycles. The second-order valence-electron chi connectivity index (χ2n) is 6.60. The lowest BCUT2D eigenvalue weighted by Crippen LogP contribution is -2.37. The van der Waals surface area contributed by atoms with Crippen LogP contribution >= 0.6 is 11.6 Å². The molecule has 0 amide bonds. The maximum Gasteiger partial charge on any atom is 0.0775 e. The zero-order valence-corrected chi connectivity index (χ0v) is 15.0. The minimum absolute atomic E-state index is 0.292. The molecule has 0 spiro atoms. The van der Waals surface area contributed by atoms with E-state index in [0.717, 1.165) is 11.6 Å². The van der Waals surface area contributed by atoms with Gasteiger partial charge in [-0.05, 0) is 30.2 Å². The lowest BCUT2D eigenvalue weighted by molar-refractivity contribution is 0.575. The van der Waals surface area contributed by atoms with Gasteiger partial charge < -0.3 is 5.32 Å². The van der Waals surface area contributed by atoms with E-state index in [9.17, 15) is 0 Å². The van der Waals surface area contributed by atoms with Crippen molar-refractivity contribution >= 4 is 24.9 Å². The molecular weight excluding hydrogens is 294 g/mol. The van der Waals surface area contributed by atoms with E-state index in [-0.39, 0.29) is 0 Å². The summed E-state index contributed by atoms with van der Waals surface area (Å²) >= 11 is 6.04. The van der Waals surface area contributed by atoms with Crippen LogP contribution in [0.3, 0.4) is 0 Å². The molecule has 0 fully saturated rings. The van der Waals surface area contributed by atoms with E-state index in [1.54, 1.807) is 0 Å². The Bertz CT molecular complexity index is 587. The van der Waals surface area contributed by atoms with Gasteiger partial charge in [0.15, 0.2) is 0 Å². The maximum absolute atomic E-state index is 6.04. The fourth-order valence-electron chi connectivity index (χ4n) is 2.29. The van der Waals surface area contributed by atoms with Gasteiger partial charge in [-0.15, -0.1) is 0 Å². The van der Waals surface area contributed by atoms with Crippen LogP contribution in [0.15, 0.2) is 48.5 Å². The molecule has 0 aliphatic heterocycles. The Morgan fingerprint density at radius 3 is 2.29 bits per heavy atom. The molecule has 1 atom stereocenters. The summed E-state index contributed by atoms with van der Waals surface area (Å²) in [5.74, 6) is 0. The Morgan fingerprint density at radius 1 is 1.05 bits per heavy atom. The summed E-state index contributed by atoms with van der Waals surface area (Å²) in [7, 11) is -1.20. The van der Waals surface area contributed by atoms with Crippen LogP contribution in [0.5, 0.6) is 0 Å². The third-order valence-corrected chi connectivity index (χ3v) is 6.08. The predicted molar refractivity (Wildman–Crippen MR) is 96.1 cm³/mol. The molecule has 0 radical (unpaired) electrons. The van der Waals surface area contributed by atoms with Gasteiger partial charge in [0.2, 0.25) is 0 Å². The molecule has 2 aromatic rings. The van der Waals surface area contributed by atoms with Crippen LogP contribution in [-0.2, 0) is 6.54 Å². The van der Waals surface area contributed by atoms with Crippen molar-refractivity contribution in [2.75, 3.05) is 0 Å². The Hall–Kier alpha value is -1.09. The second-order valence-corrected chi connectivity index (χ2v) is 12.1. The van der Waals surface area contributed by atoms with E-state index in [1.807, 2.05) is 18.2 Å². The monoisotopic (exact) mass is 317 g/mol. The molecule has 0 aliphatic carbocycles. The highest BCUT2D eigenvalue weighted by Crippen LogP contribution is 2.17. The first-order valence-corrected chi connectivity index (χ1v) is 11.3. The minimum Gasteiger partial charge on any atom is -0.306 e. The first kappa shape index (κ1) is 16.3. The standard InChI is InChI=1S/C18H24ClNSi/c1-14(16-6-5-7-17(19)12-16)20-13-15-8-10-18(11-9-15)21(2,3)4/h5-12,14,20H,13H2,1-4H3. The van der Waals surface area contributed by atoms with Gasteiger partial charge in [-0.3, -0.25) is 0 Å². The van der Waals surface area contributed by atoms with E-state index in [2.05, 4.69) is 62.2 Å². The van der Waals surface area contributed by atoms with Crippen LogP contribution in [0.4, 0.5) is 0 Å². The number of rotatable bonds is 5. The Balaban J connectivity index is 1.97. The maximum atomic E-state index is 6.04. The van der Waals surface area contributed by atoms with E-state index < -0.39 is 8.07 Å². The van der Waals surface area contributed by atoms with Crippen molar-refractivity contribution in [2.45, 2.75) is 39.2 Å². The van der Waals surface area contributed by atoms with E-state index in [4.69, 9.17) is 11.6 Å². The van der Waals surface area contributed by atoms with Crippen molar-refractivity contribution in [1.29, 1.82) is 0 Å². The first-order chi connectivity index (χ1) is 9.86.